The van der Waals surface area contributed by atoms with Gasteiger partial charge in [0.25, 0.3) is 0 Å². The number of amides is 2. The van der Waals surface area contributed by atoms with Gasteiger partial charge in [-0.15, -0.1) is 0 Å². The standard InChI is InChI=1S/C18H19N5O2/c1-13(14-7-3-2-4-8-14)21-18(24)20-12-10-16-22-17(23-25-16)15-9-5-6-11-19-15/h2-9,11,13H,10,12H2,1H3,(H2,20,21,24). The van der Waals surface area contributed by atoms with E-state index in [4.69, 9.17) is 4.52 Å². The maximum atomic E-state index is 11.9. The molecule has 2 amide bonds. The van der Waals surface area contributed by atoms with Crippen LogP contribution in [-0.4, -0.2) is 27.7 Å². The van der Waals surface area contributed by atoms with Crippen molar-refractivity contribution in [1.29, 1.82) is 0 Å². The molecule has 3 rings (SSSR count). The number of carbonyl (C=O) groups is 1. The fourth-order valence-corrected chi connectivity index (χ4v) is 2.31. The number of aromatic nitrogens is 3. The van der Waals surface area contributed by atoms with Gasteiger partial charge in [0, 0.05) is 19.2 Å². The van der Waals surface area contributed by atoms with Gasteiger partial charge in [0.2, 0.25) is 11.7 Å². The van der Waals surface area contributed by atoms with Crippen LogP contribution in [0.4, 0.5) is 4.79 Å². The van der Waals surface area contributed by atoms with Crippen molar-refractivity contribution in [2.45, 2.75) is 19.4 Å². The van der Waals surface area contributed by atoms with E-state index in [2.05, 4.69) is 25.8 Å². The Labute approximate surface area is 145 Å². The number of carbonyl (C=O) groups excluding carboxylic acids is 1. The van der Waals surface area contributed by atoms with Gasteiger partial charge in [0.1, 0.15) is 5.69 Å². The van der Waals surface area contributed by atoms with Crippen LogP contribution < -0.4 is 10.6 Å². The van der Waals surface area contributed by atoms with Gasteiger partial charge in [-0.1, -0.05) is 41.6 Å². The minimum atomic E-state index is -0.235. The highest BCUT2D eigenvalue weighted by Crippen LogP contribution is 2.12. The Bertz CT molecular complexity index is 805. The van der Waals surface area contributed by atoms with Crippen molar-refractivity contribution in [3.05, 3.63) is 66.2 Å². The third-order valence-corrected chi connectivity index (χ3v) is 3.63. The fourth-order valence-electron chi connectivity index (χ4n) is 2.31. The van der Waals surface area contributed by atoms with Gasteiger partial charge in [-0.25, -0.2) is 4.79 Å². The molecule has 0 spiro atoms. The van der Waals surface area contributed by atoms with Crippen molar-refractivity contribution >= 4 is 6.03 Å². The number of urea groups is 1. The molecular formula is C18H19N5O2. The third-order valence-electron chi connectivity index (χ3n) is 3.63. The summed E-state index contributed by atoms with van der Waals surface area (Å²) in [6.07, 6.45) is 2.12. The first-order chi connectivity index (χ1) is 12.2. The predicted molar refractivity (Wildman–Crippen MR) is 92.6 cm³/mol. The van der Waals surface area contributed by atoms with Gasteiger partial charge in [-0.3, -0.25) is 4.98 Å². The van der Waals surface area contributed by atoms with E-state index >= 15 is 0 Å². The van der Waals surface area contributed by atoms with Crippen molar-refractivity contribution in [2.24, 2.45) is 0 Å². The average Bonchev–Trinajstić information content (AvgIpc) is 3.12. The molecule has 25 heavy (non-hydrogen) atoms. The zero-order valence-electron chi connectivity index (χ0n) is 13.8. The largest absolute Gasteiger partial charge is 0.339 e. The summed E-state index contributed by atoms with van der Waals surface area (Å²) >= 11 is 0. The number of hydrogen-bond acceptors (Lipinski definition) is 5. The highest BCUT2D eigenvalue weighted by atomic mass is 16.5. The molecule has 0 radical (unpaired) electrons. The van der Waals surface area contributed by atoms with Gasteiger partial charge in [0.05, 0.1) is 6.04 Å². The van der Waals surface area contributed by atoms with E-state index < -0.39 is 0 Å². The molecule has 1 aromatic carbocycles. The first-order valence-corrected chi connectivity index (χ1v) is 8.05. The van der Waals surface area contributed by atoms with Crippen molar-refractivity contribution < 1.29 is 9.32 Å². The molecule has 0 saturated heterocycles. The molecule has 0 saturated carbocycles. The van der Waals surface area contributed by atoms with Gasteiger partial charge >= 0.3 is 6.03 Å². The number of hydrogen-bond donors (Lipinski definition) is 2. The Morgan fingerprint density at radius 2 is 1.96 bits per heavy atom. The third kappa shape index (κ3) is 4.63. The zero-order chi connectivity index (χ0) is 17.5. The molecule has 2 aromatic heterocycles. The molecule has 128 valence electrons. The number of benzene rings is 1. The van der Waals surface area contributed by atoms with Crippen LogP contribution in [0.3, 0.4) is 0 Å². The number of nitrogens with zero attached hydrogens (tertiary/aromatic N) is 3. The molecule has 0 aliphatic rings. The van der Waals surface area contributed by atoms with Crippen molar-refractivity contribution in [1.82, 2.24) is 25.8 Å². The lowest BCUT2D eigenvalue weighted by Crippen LogP contribution is -2.38. The van der Waals surface area contributed by atoms with Crippen LogP contribution in [0.5, 0.6) is 0 Å². The van der Waals surface area contributed by atoms with Crippen LogP contribution >= 0.6 is 0 Å². The molecule has 0 bridgehead atoms. The molecule has 0 fully saturated rings. The first-order valence-electron chi connectivity index (χ1n) is 8.05. The van der Waals surface area contributed by atoms with Gasteiger partial charge in [-0.05, 0) is 24.6 Å². The lowest BCUT2D eigenvalue weighted by Gasteiger charge is -2.14. The molecule has 7 nitrogen and oxygen atoms in total. The Balaban J connectivity index is 1.45. The van der Waals surface area contributed by atoms with Crippen molar-refractivity contribution in [3.63, 3.8) is 0 Å². The Morgan fingerprint density at radius 3 is 2.72 bits per heavy atom. The molecule has 0 aliphatic carbocycles. The van der Waals surface area contributed by atoms with E-state index in [1.807, 2.05) is 55.5 Å². The Morgan fingerprint density at radius 1 is 1.16 bits per heavy atom. The molecule has 2 N–H and O–H groups in total. The zero-order valence-corrected chi connectivity index (χ0v) is 13.8. The van der Waals surface area contributed by atoms with E-state index in [0.29, 0.717) is 30.4 Å². The van der Waals surface area contributed by atoms with E-state index in [9.17, 15) is 4.79 Å². The van der Waals surface area contributed by atoms with Crippen molar-refractivity contribution in [2.75, 3.05) is 6.54 Å². The lowest BCUT2D eigenvalue weighted by atomic mass is 10.1. The van der Waals surface area contributed by atoms with Crippen molar-refractivity contribution in [3.8, 4) is 11.5 Å². The Hall–Kier alpha value is -3.22. The van der Waals surface area contributed by atoms with Crippen LogP contribution in [0.1, 0.15) is 24.4 Å². The van der Waals surface area contributed by atoms with Gasteiger partial charge in [0.15, 0.2) is 0 Å². The smallest absolute Gasteiger partial charge is 0.315 e. The highest BCUT2D eigenvalue weighted by molar-refractivity contribution is 5.74. The molecule has 0 aliphatic heterocycles. The Kier molecular flexibility index (Phi) is 5.36. The van der Waals surface area contributed by atoms with Gasteiger partial charge in [-0.2, -0.15) is 4.98 Å². The summed E-state index contributed by atoms with van der Waals surface area (Å²) < 4.78 is 5.18. The maximum absolute atomic E-state index is 11.9. The highest BCUT2D eigenvalue weighted by Gasteiger charge is 2.11. The molecular weight excluding hydrogens is 318 g/mol. The minimum Gasteiger partial charge on any atom is -0.339 e. The van der Waals surface area contributed by atoms with Crippen LogP contribution in [0, 0.1) is 0 Å². The monoisotopic (exact) mass is 337 g/mol. The van der Waals surface area contributed by atoms with Crippen LogP contribution in [0.25, 0.3) is 11.5 Å². The lowest BCUT2D eigenvalue weighted by molar-refractivity contribution is 0.237. The summed E-state index contributed by atoms with van der Waals surface area (Å²) in [6.45, 7) is 2.34. The summed E-state index contributed by atoms with van der Waals surface area (Å²) in [5, 5.41) is 9.57. The minimum absolute atomic E-state index is 0.0691. The van der Waals surface area contributed by atoms with E-state index in [1.54, 1.807) is 6.20 Å². The van der Waals surface area contributed by atoms with E-state index in [0.717, 1.165) is 5.56 Å². The molecule has 2 heterocycles. The van der Waals surface area contributed by atoms with Gasteiger partial charge < -0.3 is 15.2 Å². The topological polar surface area (TPSA) is 92.9 Å². The second-order valence-corrected chi connectivity index (χ2v) is 5.51. The molecule has 3 aromatic rings. The number of rotatable bonds is 6. The second-order valence-electron chi connectivity index (χ2n) is 5.51. The summed E-state index contributed by atoms with van der Waals surface area (Å²) in [7, 11) is 0. The van der Waals surface area contributed by atoms with E-state index in [1.165, 1.54) is 0 Å². The first kappa shape index (κ1) is 16.6. The normalized spacial score (nSPS) is 11.7. The maximum Gasteiger partial charge on any atom is 0.315 e. The summed E-state index contributed by atoms with van der Waals surface area (Å²) in [6, 6.07) is 15.0. The van der Waals surface area contributed by atoms with Crippen LogP contribution in [0.15, 0.2) is 59.3 Å². The number of nitrogens with one attached hydrogen (secondary N) is 2. The fraction of sp³-hybridized carbons (Fsp3) is 0.222. The summed E-state index contributed by atoms with van der Waals surface area (Å²) in [5.41, 5.74) is 1.70. The summed E-state index contributed by atoms with van der Waals surface area (Å²) in [4.78, 5) is 20.4. The SMILES string of the molecule is CC(NC(=O)NCCc1nc(-c2ccccn2)no1)c1ccccc1. The molecule has 1 atom stereocenters. The van der Waals surface area contributed by atoms with Crippen LogP contribution in [0.2, 0.25) is 0 Å². The van der Waals surface area contributed by atoms with Crippen LogP contribution in [-0.2, 0) is 6.42 Å². The molecule has 1 unspecified atom stereocenters. The summed E-state index contributed by atoms with van der Waals surface area (Å²) in [5.74, 6) is 0.898. The number of pyridine rings is 1. The average molecular weight is 337 g/mol. The predicted octanol–water partition coefficient (Wildman–Crippen LogP) is 2.73. The molecule has 7 heteroatoms. The second kappa shape index (κ2) is 8.05. The van der Waals surface area contributed by atoms with E-state index in [-0.39, 0.29) is 12.1 Å². The quantitative estimate of drug-likeness (QED) is 0.721.